The highest BCUT2D eigenvalue weighted by Crippen LogP contribution is 2.33. The minimum atomic E-state index is -0.244. The third kappa shape index (κ3) is 3.95. The summed E-state index contributed by atoms with van der Waals surface area (Å²) in [5.74, 6) is -0.244. The SMILES string of the molecule is Fc1ccc(-c2n[nH]cc2CN2CCN(c3cccc(Cl)c3Cl)CC2)cc1. The Morgan fingerprint density at radius 2 is 1.74 bits per heavy atom. The molecular weight excluding hydrogens is 386 g/mol. The third-order valence-corrected chi connectivity index (χ3v) is 5.68. The lowest BCUT2D eigenvalue weighted by Crippen LogP contribution is -2.46. The molecule has 4 nitrogen and oxygen atoms in total. The topological polar surface area (TPSA) is 35.2 Å². The molecule has 1 aromatic heterocycles. The van der Waals surface area contributed by atoms with Gasteiger partial charge in [-0.1, -0.05) is 29.3 Å². The van der Waals surface area contributed by atoms with Crippen LogP contribution in [0.5, 0.6) is 0 Å². The molecule has 2 aromatic carbocycles. The zero-order chi connectivity index (χ0) is 18.8. The van der Waals surface area contributed by atoms with E-state index in [4.69, 9.17) is 23.2 Å². The lowest BCUT2D eigenvalue weighted by atomic mass is 10.1. The van der Waals surface area contributed by atoms with Crippen molar-refractivity contribution in [1.29, 1.82) is 0 Å². The summed E-state index contributed by atoms with van der Waals surface area (Å²) in [6.45, 7) is 4.38. The van der Waals surface area contributed by atoms with Gasteiger partial charge in [-0.25, -0.2) is 4.39 Å². The number of aromatic nitrogens is 2. The molecule has 4 rings (SSSR count). The van der Waals surface area contributed by atoms with E-state index in [1.165, 1.54) is 12.1 Å². The van der Waals surface area contributed by atoms with Gasteiger partial charge in [0.2, 0.25) is 0 Å². The predicted molar refractivity (Wildman–Crippen MR) is 108 cm³/mol. The second-order valence-electron chi connectivity index (χ2n) is 6.60. The minimum absolute atomic E-state index is 0.244. The molecule has 2 heterocycles. The van der Waals surface area contributed by atoms with Crippen molar-refractivity contribution in [3.8, 4) is 11.3 Å². The van der Waals surface area contributed by atoms with Gasteiger partial charge >= 0.3 is 0 Å². The first-order chi connectivity index (χ1) is 13.1. The monoisotopic (exact) mass is 404 g/mol. The fourth-order valence-corrected chi connectivity index (χ4v) is 3.83. The van der Waals surface area contributed by atoms with Gasteiger partial charge in [0.25, 0.3) is 0 Å². The first kappa shape index (κ1) is 18.3. The van der Waals surface area contributed by atoms with Crippen molar-refractivity contribution in [1.82, 2.24) is 15.1 Å². The highest BCUT2D eigenvalue weighted by atomic mass is 35.5. The quantitative estimate of drug-likeness (QED) is 0.675. The average molecular weight is 405 g/mol. The Balaban J connectivity index is 1.42. The van der Waals surface area contributed by atoms with Crippen molar-refractivity contribution in [2.24, 2.45) is 0 Å². The maximum atomic E-state index is 13.2. The summed E-state index contributed by atoms with van der Waals surface area (Å²) in [7, 11) is 0. The third-order valence-electron chi connectivity index (χ3n) is 4.88. The first-order valence-corrected chi connectivity index (χ1v) is 9.57. The zero-order valence-electron chi connectivity index (χ0n) is 14.6. The molecule has 0 spiro atoms. The van der Waals surface area contributed by atoms with Crippen LogP contribution in [0.25, 0.3) is 11.3 Å². The van der Waals surface area contributed by atoms with Gasteiger partial charge in [0, 0.05) is 50.0 Å². The number of anilines is 1. The van der Waals surface area contributed by atoms with Crippen LogP contribution < -0.4 is 4.90 Å². The summed E-state index contributed by atoms with van der Waals surface area (Å²) in [5.41, 5.74) is 3.88. The zero-order valence-corrected chi connectivity index (χ0v) is 16.1. The molecule has 0 unspecified atom stereocenters. The standard InChI is InChI=1S/C20H19Cl2FN4/c21-17-2-1-3-18(19(17)22)27-10-8-26(9-11-27)13-15-12-24-25-20(15)14-4-6-16(23)7-5-14/h1-7,12H,8-11,13H2,(H,24,25). The Hall–Kier alpha value is -2.08. The number of aromatic amines is 1. The molecule has 0 atom stereocenters. The van der Waals surface area contributed by atoms with E-state index in [9.17, 15) is 4.39 Å². The Morgan fingerprint density at radius 1 is 1.00 bits per heavy atom. The van der Waals surface area contributed by atoms with Crippen LogP contribution in [0, 0.1) is 5.82 Å². The van der Waals surface area contributed by atoms with Crippen molar-refractivity contribution < 1.29 is 4.39 Å². The second kappa shape index (κ2) is 7.89. The Bertz CT molecular complexity index is 918. The number of piperazine rings is 1. The van der Waals surface area contributed by atoms with Crippen molar-refractivity contribution >= 4 is 28.9 Å². The van der Waals surface area contributed by atoms with Gasteiger partial charge in [-0.3, -0.25) is 10.00 Å². The van der Waals surface area contributed by atoms with E-state index in [2.05, 4.69) is 20.0 Å². The van der Waals surface area contributed by atoms with Gasteiger partial charge < -0.3 is 4.90 Å². The lowest BCUT2D eigenvalue weighted by molar-refractivity contribution is 0.250. The van der Waals surface area contributed by atoms with Crippen LogP contribution in [0.2, 0.25) is 10.0 Å². The molecule has 1 aliphatic heterocycles. The van der Waals surface area contributed by atoms with Crippen LogP contribution in [0.3, 0.4) is 0 Å². The molecule has 3 aromatic rings. The summed E-state index contributed by atoms with van der Waals surface area (Å²) in [5, 5.41) is 8.48. The molecule has 0 saturated carbocycles. The van der Waals surface area contributed by atoms with Crippen molar-refractivity contribution in [2.45, 2.75) is 6.54 Å². The van der Waals surface area contributed by atoms with E-state index in [1.54, 1.807) is 18.2 Å². The van der Waals surface area contributed by atoms with Gasteiger partial charge in [0.1, 0.15) is 5.82 Å². The fourth-order valence-electron chi connectivity index (χ4n) is 3.42. The summed E-state index contributed by atoms with van der Waals surface area (Å²) in [6, 6.07) is 12.2. The Morgan fingerprint density at radius 3 is 2.48 bits per heavy atom. The van der Waals surface area contributed by atoms with Crippen LogP contribution in [0.15, 0.2) is 48.7 Å². The highest BCUT2D eigenvalue weighted by Gasteiger charge is 2.21. The van der Waals surface area contributed by atoms with Gasteiger partial charge in [-0.2, -0.15) is 5.10 Å². The number of benzene rings is 2. The normalized spacial score (nSPS) is 15.3. The van der Waals surface area contributed by atoms with Crippen molar-refractivity contribution in [3.63, 3.8) is 0 Å². The van der Waals surface area contributed by atoms with Crippen LogP contribution in [-0.2, 0) is 6.54 Å². The van der Waals surface area contributed by atoms with Gasteiger partial charge in [0.15, 0.2) is 0 Å². The molecule has 0 radical (unpaired) electrons. The summed E-state index contributed by atoms with van der Waals surface area (Å²) in [4.78, 5) is 4.65. The Kier molecular flexibility index (Phi) is 5.34. The van der Waals surface area contributed by atoms with E-state index < -0.39 is 0 Å². The highest BCUT2D eigenvalue weighted by molar-refractivity contribution is 6.43. The van der Waals surface area contributed by atoms with E-state index in [-0.39, 0.29) is 5.82 Å². The molecule has 1 fully saturated rings. The van der Waals surface area contributed by atoms with E-state index >= 15 is 0 Å². The summed E-state index contributed by atoms with van der Waals surface area (Å²) < 4.78 is 13.2. The van der Waals surface area contributed by atoms with Crippen LogP contribution in [0.1, 0.15) is 5.56 Å². The Labute approximate surface area is 167 Å². The number of nitrogens with zero attached hydrogens (tertiary/aromatic N) is 3. The van der Waals surface area contributed by atoms with E-state index in [0.29, 0.717) is 10.0 Å². The minimum Gasteiger partial charge on any atom is -0.368 e. The van der Waals surface area contributed by atoms with E-state index in [1.807, 2.05) is 18.3 Å². The molecule has 1 saturated heterocycles. The molecule has 27 heavy (non-hydrogen) atoms. The molecule has 1 aliphatic rings. The summed E-state index contributed by atoms with van der Waals surface area (Å²) >= 11 is 12.5. The first-order valence-electron chi connectivity index (χ1n) is 8.82. The number of H-pyrrole nitrogens is 1. The molecular formula is C20H19Cl2FN4. The number of hydrogen-bond acceptors (Lipinski definition) is 3. The van der Waals surface area contributed by atoms with Crippen LogP contribution in [0.4, 0.5) is 10.1 Å². The smallest absolute Gasteiger partial charge is 0.123 e. The van der Waals surface area contributed by atoms with Gasteiger partial charge in [-0.15, -0.1) is 0 Å². The number of rotatable bonds is 4. The van der Waals surface area contributed by atoms with Crippen molar-refractivity contribution in [3.05, 3.63) is 70.1 Å². The molecule has 140 valence electrons. The fraction of sp³-hybridized carbons (Fsp3) is 0.250. The van der Waals surface area contributed by atoms with Crippen LogP contribution in [-0.4, -0.2) is 41.3 Å². The van der Waals surface area contributed by atoms with Gasteiger partial charge in [0.05, 0.1) is 21.4 Å². The second-order valence-corrected chi connectivity index (χ2v) is 7.39. The largest absolute Gasteiger partial charge is 0.368 e. The van der Waals surface area contributed by atoms with Crippen LogP contribution >= 0.6 is 23.2 Å². The molecule has 1 N–H and O–H groups in total. The number of hydrogen-bond donors (Lipinski definition) is 1. The molecule has 0 amide bonds. The molecule has 7 heteroatoms. The maximum absolute atomic E-state index is 13.2. The average Bonchev–Trinajstić information content (AvgIpc) is 3.13. The number of halogens is 3. The predicted octanol–water partition coefficient (Wildman–Crippen LogP) is 4.84. The van der Waals surface area contributed by atoms with E-state index in [0.717, 1.165) is 55.2 Å². The molecule has 0 bridgehead atoms. The molecule has 0 aliphatic carbocycles. The number of nitrogens with one attached hydrogen (secondary N) is 1. The maximum Gasteiger partial charge on any atom is 0.123 e. The summed E-state index contributed by atoms with van der Waals surface area (Å²) in [6.07, 6.45) is 1.92. The van der Waals surface area contributed by atoms with Gasteiger partial charge in [-0.05, 0) is 36.4 Å². The van der Waals surface area contributed by atoms with Crippen molar-refractivity contribution in [2.75, 3.05) is 31.1 Å². The lowest BCUT2D eigenvalue weighted by Gasteiger charge is -2.36.